The minimum Gasteiger partial charge on any atom is -0.380 e. The number of likely N-dealkylation sites (N-methyl/N-ethyl adjacent to an activating group) is 1. The van der Waals surface area contributed by atoms with Crippen LogP contribution in [0.15, 0.2) is 60.8 Å². The molecule has 0 fully saturated rings. The molecular formula is C21H18N2O4. The minimum atomic E-state index is -1.86. The number of hydrogen-bond donors (Lipinski definition) is 3. The molecule has 0 bridgehead atoms. The molecule has 0 aliphatic rings. The fraction of sp³-hybridized carbons (Fsp3) is 0.143. The molecule has 1 amide bonds. The Morgan fingerprint density at radius 3 is 2.37 bits per heavy atom. The first-order valence-corrected chi connectivity index (χ1v) is 8.31. The van der Waals surface area contributed by atoms with Gasteiger partial charge in [-0.15, -0.1) is 0 Å². The van der Waals surface area contributed by atoms with Crippen LogP contribution in [-0.4, -0.2) is 45.9 Å². The molecule has 0 saturated carbocycles. The van der Waals surface area contributed by atoms with Crippen molar-refractivity contribution in [2.24, 2.45) is 0 Å². The van der Waals surface area contributed by atoms with E-state index in [-0.39, 0.29) is 0 Å². The third-order valence-electron chi connectivity index (χ3n) is 4.12. The summed E-state index contributed by atoms with van der Waals surface area (Å²) in [5.74, 6) is 4.52. The van der Waals surface area contributed by atoms with Gasteiger partial charge >= 0.3 is 0 Å². The summed E-state index contributed by atoms with van der Waals surface area (Å²) in [6.45, 7) is 0. The Balaban J connectivity index is 1.87. The highest BCUT2D eigenvalue weighted by Gasteiger charge is 2.31. The van der Waals surface area contributed by atoms with Crippen molar-refractivity contribution in [2.75, 3.05) is 7.05 Å². The number of aliphatic hydroxyl groups excluding tert-OH is 2. The van der Waals surface area contributed by atoms with E-state index < -0.39 is 24.0 Å². The summed E-state index contributed by atoms with van der Waals surface area (Å²) in [5, 5.41) is 22.7. The summed E-state index contributed by atoms with van der Waals surface area (Å²) in [4.78, 5) is 23.8. The van der Waals surface area contributed by atoms with Crippen molar-refractivity contribution in [1.29, 1.82) is 0 Å². The predicted molar refractivity (Wildman–Crippen MR) is 101 cm³/mol. The fourth-order valence-corrected chi connectivity index (χ4v) is 2.65. The largest absolute Gasteiger partial charge is 0.380 e. The normalized spacial score (nSPS) is 12.7. The number of aliphatic hydroxyl groups is 2. The Hall–Kier alpha value is -3.40. The standard InChI is InChI=1S/C21H18N2O4/c1-22-20(26)18(24)19(25)21(27)23-12-11-16-13-15(9-10-17(16)23)8-7-14-5-3-2-4-6-14/h2-6,9-13,18-19,24-25H,1H3,(H,22,26)/t18?,19-/m1/s1. The number of benzene rings is 2. The summed E-state index contributed by atoms with van der Waals surface area (Å²) in [6.07, 6.45) is -2.21. The van der Waals surface area contributed by atoms with Crippen LogP contribution in [-0.2, 0) is 4.79 Å². The van der Waals surface area contributed by atoms with Crippen molar-refractivity contribution >= 4 is 22.7 Å². The summed E-state index contributed by atoms with van der Waals surface area (Å²) in [7, 11) is 1.31. The third kappa shape index (κ3) is 3.90. The van der Waals surface area contributed by atoms with E-state index in [0.717, 1.165) is 16.5 Å². The van der Waals surface area contributed by atoms with Gasteiger partial charge in [0.2, 0.25) is 0 Å². The van der Waals surface area contributed by atoms with Gasteiger partial charge in [-0.3, -0.25) is 14.2 Å². The topological polar surface area (TPSA) is 91.6 Å². The number of amides is 1. The number of nitrogens with one attached hydrogen (secondary N) is 1. The molecule has 0 aliphatic carbocycles. The Morgan fingerprint density at radius 1 is 0.963 bits per heavy atom. The minimum absolute atomic E-state index is 0.549. The first kappa shape index (κ1) is 18.4. The van der Waals surface area contributed by atoms with Crippen LogP contribution in [0.5, 0.6) is 0 Å². The molecule has 1 aromatic heterocycles. The smallest absolute Gasteiger partial charge is 0.263 e. The van der Waals surface area contributed by atoms with Crippen molar-refractivity contribution in [3.8, 4) is 11.8 Å². The lowest BCUT2D eigenvalue weighted by Gasteiger charge is -2.16. The van der Waals surface area contributed by atoms with Crippen LogP contribution >= 0.6 is 0 Å². The second-order valence-corrected chi connectivity index (χ2v) is 5.92. The zero-order valence-electron chi connectivity index (χ0n) is 14.6. The molecule has 136 valence electrons. The molecule has 1 heterocycles. The average Bonchev–Trinajstić information content (AvgIpc) is 3.14. The maximum absolute atomic E-state index is 12.4. The molecule has 27 heavy (non-hydrogen) atoms. The molecule has 2 aromatic carbocycles. The second-order valence-electron chi connectivity index (χ2n) is 5.92. The fourth-order valence-electron chi connectivity index (χ4n) is 2.65. The zero-order chi connectivity index (χ0) is 19.4. The lowest BCUT2D eigenvalue weighted by Crippen LogP contribution is -2.46. The van der Waals surface area contributed by atoms with Crippen LogP contribution in [0.3, 0.4) is 0 Å². The SMILES string of the molecule is CNC(=O)C(O)[C@@H](O)C(=O)n1ccc2cc(C#Cc3ccccc3)ccc21. The highest BCUT2D eigenvalue weighted by Crippen LogP contribution is 2.18. The van der Waals surface area contributed by atoms with E-state index in [1.807, 2.05) is 36.4 Å². The molecule has 0 aliphatic heterocycles. The summed E-state index contributed by atoms with van der Waals surface area (Å²) in [5.41, 5.74) is 2.23. The maximum Gasteiger partial charge on any atom is 0.263 e. The van der Waals surface area contributed by atoms with Crippen molar-refractivity contribution in [1.82, 2.24) is 9.88 Å². The first-order chi connectivity index (χ1) is 13.0. The van der Waals surface area contributed by atoms with Crippen LogP contribution in [0.2, 0.25) is 0 Å². The Kier molecular flexibility index (Phi) is 5.36. The first-order valence-electron chi connectivity index (χ1n) is 8.31. The van der Waals surface area contributed by atoms with E-state index >= 15 is 0 Å². The maximum atomic E-state index is 12.4. The molecule has 6 nitrogen and oxygen atoms in total. The summed E-state index contributed by atoms with van der Waals surface area (Å²) < 4.78 is 1.21. The van der Waals surface area contributed by atoms with Crippen molar-refractivity contribution in [3.05, 3.63) is 71.9 Å². The average molecular weight is 362 g/mol. The number of rotatable bonds is 3. The van der Waals surface area contributed by atoms with E-state index in [1.165, 1.54) is 17.8 Å². The van der Waals surface area contributed by atoms with E-state index in [2.05, 4.69) is 17.2 Å². The molecule has 0 saturated heterocycles. The number of nitrogens with zero attached hydrogens (tertiary/aromatic N) is 1. The van der Waals surface area contributed by atoms with E-state index in [0.29, 0.717) is 5.52 Å². The van der Waals surface area contributed by atoms with E-state index in [1.54, 1.807) is 18.2 Å². The van der Waals surface area contributed by atoms with Crippen LogP contribution in [0.1, 0.15) is 15.9 Å². The number of aromatic nitrogens is 1. The second kappa shape index (κ2) is 7.87. The molecule has 2 atom stereocenters. The van der Waals surface area contributed by atoms with Gasteiger partial charge in [0.15, 0.2) is 12.2 Å². The molecule has 3 aromatic rings. The lowest BCUT2D eigenvalue weighted by atomic mass is 10.1. The van der Waals surface area contributed by atoms with Crippen molar-refractivity contribution < 1.29 is 19.8 Å². The Labute approximate surface area is 156 Å². The van der Waals surface area contributed by atoms with Crippen LogP contribution in [0, 0.1) is 11.8 Å². The monoisotopic (exact) mass is 362 g/mol. The van der Waals surface area contributed by atoms with E-state index in [9.17, 15) is 19.8 Å². The van der Waals surface area contributed by atoms with Gasteiger partial charge in [-0.2, -0.15) is 0 Å². The highest BCUT2D eigenvalue weighted by atomic mass is 16.3. The highest BCUT2D eigenvalue weighted by molar-refractivity contribution is 5.98. The van der Waals surface area contributed by atoms with Gasteiger partial charge in [-0.25, -0.2) is 0 Å². The molecule has 6 heteroatoms. The number of carbonyl (C=O) groups excluding carboxylic acids is 2. The molecule has 3 N–H and O–H groups in total. The van der Waals surface area contributed by atoms with Gasteiger partial charge in [0.1, 0.15) is 0 Å². The third-order valence-corrected chi connectivity index (χ3v) is 4.12. The van der Waals surface area contributed by atoms with Crippen LogP contribution in [0.25, 0.3) is 10.9 Å². The van der Waals surface area contributed by atoms with Crippen LogP contribution < -0.4 is 5.32 Å². The van der Waals surface area contributed by atoms with Gasteiger partial charge in [-0.05, 0) is 36.4 Å². The number of hydrogen-bond acceptors (Lipinski definition) is 4. The molecule has 0 spiro atoms. The summed E-state index contributed by atoms with van der Waals surface area (Å²) in [6, 6.07) is 16.6. The molecule has 1 unspecified atom stereocenters. The quantitative estimate of drug-likeness (QED) is 0.610. The van der Waals surface area contributed by atoms with E-state index in [4.69, 9.17) is 0 Å². The summed E-state index contributed by atoms with van der Waals surface area (Å²) >= 11 is 0. The number of fused-ring (bicyclic) bond motifs is 1. The molecular weight excluding hydrogens is 344 g/mol. The van der Waals surface area contributed by atoms with Crippen molar-refractivity contribution in [3.63, 3.8) is 0 Å². The Morgan fingerprint density at radius 2 is 1.67 bits per heavy atom. The van der Waals surface area contributed by atoms with Gasteiger partial charge in [0.25, 0.3) is 11.8 Å². The lowest BCUT2D eigenvalue weighted by molar-refractivity contribution is -0.133. The van der Waals surface area contributed by atoms with Gasteiger partial charge in [0.05, 0.1) is 5.52 Å². The van der Waals surface area contributed by atoms with Gasteiger partial charge in [-0.1, -0.05) is 30.0 Å². The Bertz CT molecular complexity index is 1040. The van der Waals surface area contributed by atoms with Crippen LogP contribution in [0.4, 0.5) is 0 Å². The van der Waals surface area contributed by atoms with Gasteiger partial charge < -0.3 is 15.5 Å². The number of carbonyl (C=O) groups is 2. The van der Waals surface area contributed by atoms with Crippen molar-refractivity contribution in [2.45, 2.75) is 12.2 Å². The molecule has 0 radical (unpaired) electrons. The zero-order valence-corrected chi connectivity index (χ0v) is 14.6. The van der Waals surface area contributed by atoms with Gasteiger partial charge in [0, 0.05) is 29.8 Å². The molecule has 3 rings (SSSR count). The predicted octanol–water partition coefficient (Wildman–Crippen LogP) is 1.15.